The summed E-state index contributed by atoms with van der Waals surface area (Å²) in [4.78, 5) is 24.1. The van der Waals surface area contributed by atoms with Crippen molar-refractivity contribution in [2.24, 2.45) is 0 Å². The first-order valence-corrected chi connectivity index (χ1v) is 5.62. The van der Waals surface area contributed by atoms with Gasteiger partial charge in [-0.2, -0.15) is 0 Å². The number of amides is 1. The van der Waals surface area contributed by atoms with Gasteiger partial charge in [0, 0.05) is 13.0 Å². The lowest BCUT2D eigenvalue weighted by molar-refractivity contribution is -0.131. The van der Waals surface area contributed by atoms with Gasteiger partial charge in [-0.1, -0.05) is 12.1 Å². The average molecular weight is 233 g/mol. The number of methoxy groups -OCH3 is 1. The molecule has 0 radical (unpaired) electrons. The topological polar surface area (TPSA) is 46.6 Å². The maximum Gasteiger partial charge on any atom is 0.223 e. The zero-order valence-corrected chi connectivity index (χ0v) is 9.76. The van der Waals surface area contributed by atoms with Gasteiger partial charge in [0.2, 0.25) is 5.91 Å². The molecule has 0 N–H and O–H groups in total. The van der Waals surface area contributed by atoms with E-state index in [-0.39, 0.29) is 11.9 Å². The second-order valence-corrected chi connectivity index (χ2v) is 4.11. The zero-order valence-electron chi connectivity index (χ0n) is 9.76. The zero-order chi connectivity index (χ0) is 12.3. The molecule has 0 unspecified atom stereocenters. The van der Waals surface area contributed by atoms with Crippen LogP contribution in [-0.2, 0) is 16.1 Å². The van der Waals surface area contributed by atoms with E-state index in [1.807, 2.05) is 24.3 Å². The summed E-state index contributed by atoms with van der Waals surface area (Å²) in [5, 5.41) is 0. The molecule has 1 atom stereocenters. The molecule has 4 nitrogen and oxygen atoms in total. The fourth-order valence-electron chi connectivity index (χ4n) is 2.03. The highest BCUT2D eigenvalue weighted by Crippen LogP contribution is 2.21. The van der Waals surface area contributed by atoms with E-state index in [9.17, 15) is 9.59 Å². The second-order valence-electron chi connectivity index (χ2n) is 4.11. The number of hydrogen-bond acceptors (Lipinski definition) is 3. The molecule has 1 aromatic carbocycles. The van der Waals surface area contributed by atoms with E-state index in [4.69, 9.17) is 4.74 Å². The Morgan fingerprint density at radius 1 is 1.41 bits per heavy atom. The molecular weight excluding hydrogens is 218 g/mol. The molecule has 17 heavy (non-hydrogen) atoms. The average Bonchev–Trinajstić information content (AvgIpc) is 2.71. The number of aldehydes is 1. The third kappa shape index (κ3) is 2.46. The van der Waals surface area contributed by atoms with Crippen LogP contribution in [-0.4, -0.2) is 30.2 Å². The van der Waals surface area contributed by atoms with Crippen molar-refractivity contribution in [2.45, 2.75) is 25.4 Å². The Labute approximate surface area is 100 Å². The lowest BCUT2D eigenvalue weighted by Crippen LogP contribution is -2.33. The smallest absolute Gasteiger partial charge is 0.223 e. The molecule has 0 saturated carbocycles. The molecule has 90 valence electrons. The van der Waals surface area contributed by atoms with Crippen LogP contribution in [0.4, 0.5) is 0 Å². The number of benzene rings is 1. The van der Waals surface area contributed by atoms with E-state index in [0.29, 0.717) is 19.4 Å². The van der Waals surface area contributed by atoms with E-state index in [2.05, 4.69) is 0 Å². The number of likely N-dealkylation sites (tertiary alicyclic amines) is 1. The first-order valence-electron chi connectivity index (χ1n) is 5.62. The predicted molar refractivity (Wildman–Crippen MR) is 62.6 cm³/mol. The van der Waals surface area contributed by atoms with Crippen LogP contribution in [0, 0.1) is 0 Å². The van der Waals surface area contributed by atoms with Crippen molar-refractivity contribution in [3.8, 4) is 5.75 Å². The van der Waals surface area contributed by atoms with Gasteiger partial charge in [-0.3, -0.25) is 4.79 Å². The van der Waals surface area contributed by atoms with Gasteiger partial charge in [0.05, 0.1) is 13.2 Å². The summed E-state index contributed by atoms with van der Waals surface area (Å²) >= 11 is 0. The molecule has 1 amide bonds. The molecule has 0 aromatic heterocycles. The second kappa shape index (κ2) is 4.99. The van der Waals surface area contributed by atoms with Crippen molar-refractivity contribution < 1.29 is 14.3 Å². The van der Waals surface area contributed by atoms with Gasteiger partial charge in [-0.05, 0) is 24.1 Å². The van der Waals surface area contributed by atoms with Crippen LogP contribution in [0.25, 0.3) is 0 Å². The van der Waals surface area contributed by atoms with Crippen molar-refractivity contribution in [1.82, 2.24) is 4.90 Å². The normalized spacial score (nSPS) is 19.5. The number of rotatable bonds is 4. The van der Waals surface area contributed by atoms with E-state index in [1.165, 1.54) is 0 Å². The molecule has 2 rings (SSSR count). The van der Waals surface area contributed by atoms with E-state index in [1.54, 1.807) is 12.0 Å². The Bertz CT molecular complexity index is 413. The van der Waals surface area contributed by atoms with E-state index >= 15 is 0 Å². The van der Waals surface area contributed by atoms with Crippen LogP contribution < -0.4 is 4.74 Å². The van der Waals surface area contributed by atoms with Gasteiger partial charge in [0.1, 0.15) is 12.0 Å². The lowest BCUT2D eigenvalue weighted by atomic mass is 10.2. The van der Waals surface area contributed by atoms with Gasteiger partial charge < -0.3 is 14.4 Å². The summed E-state index contributed by atoms with van der Waals surface area (Å²) < 4.78 is 5.07. The monoisotopic (exact) mass is 233 g/mol. The van der Waals surface area contributed by atoms with Crippen molar-refractivity contribution in [3.05, 3.63) is 29.8 Å². The summed E-state index contributed by atoms with van der Waals surface area (Å²) in [6.07, 6.45) is 1.96. The van der Waals surface area contributed by atoms with Gasteiger partial charge in [0.25, 0.3) is 0 Å². The minimum absolute atomic E-state index is 0.0536. The number of carbonyl (C=O) groups excluding carboxylic acids is 2. The van der Waals surface area contributed by atoms with Crippen LogP contribution in [0.2, 0.25) is 0 Å². The van der Waals surface area contributed by atoms with Crippen LogP contribution >= 0.6 is 0 Å². The number of hydrogen-bond donors (Lipinski definition) is 0. The van der Waals surface area contributed by atoms with E-state index in [0.717, 1.165) is 17.6 Å². The third-order valence-corrected chi connectivity index (χ3v) is 3.04. The molecule has 1 aliphatic rings. The minimum Gasteiger partial charge on any atom is -0.497 e. The number of carbonyl (C=O) groups is 2. The molecular formula is C13H15NO3. The van der Waals surface area contributed by atoms with Gasteiger partial charge in [-0.25, -0.2) is 0 Å². The quantitative estimate of drug-likeness (QED) is 0.738. The van der Waals surface area contributed by atoms with Crippen LogP contribution in [0.1, 0.15) is 18.4 Å². The van der Waals surface area contributed by atoms with Crippen molar-refractivity contribution in [1.29, 1.82) is 0 Å². The summed E-state index contributed by atoms with van der Waals surface area (Å²) in [5.41, 5.74) is 1.01. The fraction of sp³-hybridized carbons (Fsp3) is 0.385. The molecule has 1 aromatic rings. The largest absolute Gasteiger partial charge is 0.497 e. The standard InChI is InChI=1S/C13H15NO3/c1-17-12-5-2-10(3-6-12)8-14-11(9-15)4-7-13(14)16/h2-3,5-6,9,11H,4,7-8H2,1H3/t11-/m1/s1. The lowest BCUT2D eigenvalue weighted by Gasteiger charge is -2.20. The molecule has 1 heterocycles. The first kappa shape index (κ1) is 11.6. The molecule has 0 aliphatic carbocycles. The molecule has 1 saturated heterocycles. The Hall–Kier alpha value is -1.84. The van der Waals surface area contributed by atoms with Crippen LogP contribution in [0.5, 0.6) is 5.75 Å². The molecule has 1 fully saturated rings. The Kier molecular flexibility index (Phi) is 3.42. The van der Waals surface area contributed by atoms with Crippen LogP contribution in [0.3, 0.4) is 0 Å². The SMILES string of the molecule is COc1ccc(CN2C(=O)CC[C@@H]2C=O)cc1. The summed E-state index contributed by atoms with van der Waals surface area (Å²) in [6.45, 7) is 0.492. The molecule has 4 heteroatoms. The predicted octanol–water partition coefficient (Wildman–Crippen LogP) is 1.39. The highest BCUT2D eigenvalue weighted by atomic mass is 16.5. The summed E-state index contributed by atoms with van der Waals surface area (Å²) in [6, 6.07) is 7.26. The Balaban J connectivity index is 2.08. The van der Waals surface area contributed by atoms with Crippen molar-refractivity contribution in [2.75, 3.05) is 7.11 Å². The summed E-state index contributed by atoms with van der Waals surface area (Å²) in [7, 11) is 1.61. The fourth-order valence-corrected chi connectivity index (χ4v) is 2.03. The molecule has 0 bridgehead atoms. The van der Waals surface area contributed by atoms with Gasteiger partial charge in [0.15, 0.2) is 0 Å². The Morgan fingerprint density at radius 2 is 2.12 bits per heavy atom. The third-order valence-electron chi connectivity index (χ3n) is 3.04. The minimum atomic E-state index is -0.260. The van der Waals surface area contributed by atoms with Gasteiger partial charge in [-0.15, -0.1) is 0 Å². The van der Waals surface area contributed by atoms with Gasteiger partial charge >= 0.3 is 0 Å². The molecule has 1 aliphatic heterocycles. The maximum atomic E-state index is 11.6. The highest BCUT2D eigenvalue weighted by molar-refractivity contribution is 5.83. The van der Waals surface area contributed by atoms with Crippen molar-refractivity contribution in [3.63, 3.8) is 0 Å². The maximum absolute atomic E-state index is 11.6. The van der Waals surface area contributed by atoms with Crippen LogP contribution in [0.15, 0.2) is 24.3 Å². The number of ether oxygens (including phenoxy) is 1. The molecule has 0 spiro atoms. The number of nitrogens with zero attached hydrogens (tertiary/aromatic N) is 1. The Morgan fingerprint density at radius 3 is 2.71 bits per heavy atom. The van der Waals surface area contributed by atoms with E-state index < -0.39 is 0 Å². The van der Waals surface area contributed by atoms with Crippen molar-refractivity contribution >= 4 is 12.2 Å². The highest BCUT2D eigenvalue weighted by Gasteiger charge is 2.30. The first-order chi connectivity index (χ1) is 8.24. The summed E-state index contributed by atoms with van der Waals surface area (Å²) in [5.74, 6) is 0.839.